The van der Waals surface area contributed by atoms with Crippen LogP contribution in [-0.4, -0.2) is 43.5 Å². The molecule has 1 saturated heterocycles. The molecule has 0 unspecified atom stereocenters. The van der Waals surface area contributed by atoms with Crippen LogP contribution in [0.5, 0.6) is 0 Å². The Balaban J connectivity index is 1.83. The van der Waals surface area contributed by atoms with Crippen molar-refractivity contribution in [1.82, 2.24) is 4.90 Å². The van der Waals surface area contributed by atoms with Gasteiger partial charge in [-0.05, 0) is 6.08 Å². The number of hydrogen-bond acceptors (Lipinski definition) is 3. The van der Waals surface area contributed by atoms with E-state index in [-0.39, 0.29) is 5.78 Å². The highest BCUT2D eigenvalue weighted by molar-refractivity contribution is 6.37. The van der Waals surface area contributed by atoms with Gasteiger partial charge in [-0.2, -0.15) is 0 Å². The first-order valence-electron chi connectivity index (χ1n) is 5.75. The second-order valence-electron chi connectivity index (χ2n) is 4.21. The van der Waals surface area contributed by atoms with Crippen molar-refractivity contribution >= 4 is 29.0 Å². The Morgan fingerprint density at radius 1 is 1.35 bits per heavy atom. The number of halogens is 2. The summed E-state index contributed by atoms with van der Waals surface area (Å²) in [6.45, 7) is 4.07. The summed E-state index contributed by atoms with van der Waals surface area (Å²) in [6, 6.07) is 0. The number of ether oxygens (including phenoxy) is 1. The third kappa shape index (κ3) is 3.55. The molecule has 0 amide bonds. The molecule has 94 valence electrons. The molecule has 1 heterocycles. The number of carbonyl (C=O) groups excluding carboxylic acids is 1. The van der Waals surface area contributed by atoms with E-state index in [9.17, 15) is 4.79 Å². The van der Waals surface area contributed by atoms with Crippen molar-refractivity contribution in [2.75, 3.05) is 32.8 Å². The zero-order chi connectivity index (χ0) is 12.3. The Bertz CT molecular complexity index is 371. The number of rotatable bonds is 4. The first kappa shape index (κ1) is 13.1. The number of nitrogens with zero attached hydrogens (tertiary/aromatic N) is 1. The average Bonchev–Trinajstić information content (AvgIpc) is 2.67. The third-order valence-electron chi connectivity index (χ3n) is 2.98. The van der Waals surface area contributed by atoms with Gasteiger partial charge in [0.05, 0.1) is 13.2 Å². The highest BCUT2D eigenvalue weighted by atomic mass is 35.5. The number of morpholine rings is 1. The van der Waals surface area contributed by atoms with E-state index < -0.39 is 0 Å². The van der Waals surface area contributed by atoms with E-state index in [1.54, 1.807) is 6.08 Å². The van der Waals surface area contributed by atoms with E-state index in [2.05, 4.69) is 4.90 Å². The Labute approximate surface area is 111 Å². The minimum atomic E-state index is 0.0807. The van der Waals surface area contributed by atoms with E-state index in [0.717, 1.165) is 32.8 Å². The number of carbonyl (C=O) groups is 1. The van der Waals surface area contributed by atoms with Crippen molar-refractivity contribution in [2.24, 2.45) is 0 Å². The number of Topliss-reactive ketones (excluding diaryl/α,β-unsaturated/α-hetero) is 1. The van der Waals surface area contributed by atoms with Crippen molar-refractivity contribution in [2.45, 2.75) is 12.8 Å². The molecule has 0 aromatic rings. The van der Waals surface area contributed by atoms with Gasteiger partial charge in [0, 0.05) is 48.1 Å². The molecule has 0 radical (unpaired) electrons. The molecule has 0 saturated carbocycles. The predicted octanol–water partition coefficient (Wildman–Crippen LogP) is 2.30. The molecule has 0 spiro atoms. The minimum absolute atomic E-state index is 0.0807. The van der Waals surface area contributed by atoms with Gasteiger partial charge in [0.25, 0.3) is 0 Å². The van der Waals surface area contributed by atoms with Crippen LogP contribution in [-0.2, 0) is 9.53 Å². The molecule has 0 aromatic carbocycles. The lowest BCUT2D eigenvalue weighted by Gasteiger charge is -2.26. The lowest BCUT2D eigenvalue weighted by Crippen LogP contribution is -2.37. The van der Waals surface area contributed by atoms with Gasteiger partial charge in [-0.1, -0.05) is 23.2 Å². The molecule has 17 heavy (non-hydrogen) atoms. The van der Waals surface area contributed by atoms with Crippen molar-refractivity contribution in [3.05, 3.63) is 21.7 Å². The number of ketones is 1. The number of allylic oxidation sites excluding steroid dienone is 4. The summed E-state index contributed by atoms with van der Waals surface area (Å²) in [7, 11) is 0. The molecule has 2 rings (SSSR count). The summed E-state index contributed by atoms with van der Waals surface area (Å²) in [6.07, 6.45) is 2.68. The quantitative estimate of drug-likeness (QED) is 0.789. The zero-order valence-electron chi connectivity index (χ0n) is 9.55. The molecule has 3 nitrogen and oxygen atoms in total. The Kier molecular flexibility index (Phi) is 4.62. The van der Waals surface area contributed by atoms with Crippen LogP contribution in [0, 0.1) is 0 Å². The predicted molar refractivity (Wildman–Crippen MR) is 68.3 cm³/mol. The lowest BCUT2D eigenvalue weighted by molar-refractivity contribution is -0.115. The van der Waals surface area contributed by atoms with Gasteiger partial charge in [0.1, 0.15) is 0 Å². The average molecular weight is 276 g/mol. The summed E-state index contributed by atoms with van der Waals surface area (Å²) >= 11 is 11.8. The Hall–Kier alpha value is -0.350. The summed E-state index contributed by atoms with van der Waals surface area (Å²) in [4.78, 5) is 14.2. The molecule has 0 atom stereocenters. The fourth-order valence-electron chi connectivity index (χ4n) is 1.98. The van der Waals surface area contributed by atoms with Gasteiger partial charge in [-0.25, -0.2) is 0 Å². The maximum Gasteiger partial charge on any atom is 0.165 e. The summed E-state index contributed by atoms with van der Waals surface area (Å²) in [5.74, 6) is 0.0807. The van der Waals surface area contributed by atoms with Crippen molar-refractivity contribution in [1.29, 1.82) is 0 Å². The largest absolute Gasteiger partial charge is 0.379 e. The van der Waals surface area contributed by atoms with Crippen LogP contribution in [0.15, 0.2) is 21.7 Å². The van der Waals surface area contributed by atoms with Crippen LogP contribution in [0.2, 0.25) is 0 Å². The first-order chi connectivity index (χ1) is 8.16. The van der Waals surface area contributed by atoms with Crippen molar-refractivity contribution < 1.29 is 9.53 Å². The highest BCUT2D eigenvalue weighted by Gasteiger charge is 2.20. The monoisotopic (exact) mass is 275 g/mol. The number of hydrogen-bond donors (Lipinski definition) is 0. The van der Waals surface area contributed by atoms with Crippen LogP contribution < -0.4 is 0 Å². The van der Waals surface area contributed by atoms with E-state index in [1.165, 1.54) is 0 Å². The topological polar surface area (TPSA) is 29.5 Å². The fourth-order valence-corrected chi connectivity index (χ4v) is 2.60. The SMILES string of the molecule is O=C(CCN1CCOCC1)C1=C(Cl)CC(Cl)=C1. The highest BCUT2D eigenvalue weighted by Crippen LogP contribution is 2.31. The van der Waals surface area contributed by atoms with Gasteiger partial charge in [-0.15, -0.1) is 0 Å². The van der Waals surface area contributed by atoms with E-state index >= 15 is 0 Å². The van der Waals surface area contributed by atoms with E-state index in [4.69, 9.17) is 27.9 Å². The van der Waals surface area contributed by atoms with Gasteiger partial charge in [0.2, 0.25) is 0 Å². The lowest BCUT2D eigenvalue weighted by atomic mass is 10.1. The van der Waals surface area contributed by atoms with Crippen LogP contribution in [0.3, 0.4) is 0 Å². The molecular formula is C12H15Cl2NO2. The summed E-state index contributed by atoms with van der Waals surface area (Å²) < 4.78 is 5.25. The molecule has 1 aliphatic heterocycles. The first-order valence-corrected chi connectivity index (χ1v) is 6.50. The second-order valence-corrected chi connectivity index (χ2v) is 5.16. The van der Waals surface area contributed by atoms with Gasteiger partial charge in [-0.3, -0.25) is 9.69 Å². The normalized spacial score (nSPS) is 21.9. The van der Waals surface area contributed by atoms with Gasteiger partial charge >= 0.3 is 0 Å². The van der Waals surface area contributed by atoms with Crippen LogP contribution in [0.4, 0.5) is 0 Å². The van der Waals surface area contributed by atoms with Gasteiger partial charge < -0.3 is 4.74 Å². The minimum Gasteiger partial charge on any atom is -0.379 e. The molecule has 1 fully saturated rings. The molecular weight excluding hydrogens is 261 g/mol. The Morgan fingerprint density at radius 3 is 2.65 bits per heavy atom. The smallest absolute Gasteiger partial charge is 0.165 e. The molecule has 5 heteroatoms. The maximum atomic E-state index is 11.9. The Morgan fingerprint density at radius 2 is 2.06 bits per heavy atom. The van der Waals surface area contributed by atoms with Crippen LogP contribution in [0.25, 0.3) is 0 Å². The zero-order valence-corrected chi connectivity index (χ0v) is 11.1. The summed E-state index contributed by atoms with van der Waals surface area (Å²) in [5, 5.41) is 1.21. The van der Waals surface area contributed by atoms with Crippen molar-refractivity contribution in [3.63, 3.8) is 0 Å². The van der Waals surface area contributed by atoms with Gasteiger partial charge in [0.15, 0.2) is 5.78 Å². The summed E-state index contributed by atoms with van der Waals surface area (Å²) in [5.41, 5.74) is 0.588. The third-order valence-corrected chi connectivity index (χ3v) is 3.56. The van der Waals surface area contributed by atoms with Crippen LogP contribution in [0.1, 0.15) is 12.8 Å². The molecule has 1 aliphatic carbocycles. The standard InChI is InChI=1S/C12H15Cl2NO2/c13-9-7-10(11(14)8-9)12(16)1-2-15-3-5-17-6-4-15/h7H,1-6,8H2. The molecule has 0 N–H and O–H groups in total. The maximum absolute atomic E-state index is 11.9. The molecule has 0 aromatic heterocycles. The van der Waals surface area contributed by atoms with Crippen LogP contribution >= 0.6 is 23.2 Å². The van der Waals surface area contributed by atoms with Crippen molar-refractivity contribution in [3.8, 4) is 0 Å². The second kappa shape index (κ2) is 6.01. The van der Waals surface area contributed by atoms with E-state index in [0.29, 0.717) is 28.5 Å². The molecule has 0 bridgehead atoms. The molecule has 2 aliphatic rings. The fraction of sp³-hybridized carbons (Fsp3) is 0.583. The van der Waals surface area contributed by atoms with E-state index in [1.807, 2.05) is 0 Å².